The Kier molecular flexibility index (Phi) is 5.23. The fraction of sp³-hybridized carbons (Fsp3) is 0.438. The van der Waals surface area contributed by atoms with E-state index in [1.54, 1.807) is 6.07 Å². The van der Waals surface area contributed by atoms with E-state index in [4.69, 9.17) is 17.3 Å². The zero-order chi connectivity index (χ0) is 15.4. The van der Waals surface area contributed by atoms with Crippen molar-refractivity contribution in [2.45, 2.75) is 45.4 Å². The van der Waals surface area contributed by atoms with Crippen LogP contribution in [0.25, 0.3) is 11.1 Å². The number of nitrogens with zero attached hydrogens (tertiary/aromatic N) is 1. The number of halogens is 2. The van der Waals surface area contributed by atoms with Crippen LogP contribution in [0.1, 0.15) is 51.1 Å². The average Bonchev–Trinajstić information content (AvgIpc) is 2.82. The normalized spacial score (nSPS) is 12.6. The van der Waals surface area contributed by atoms with E-state index < -0.39 is 0 Å². The van der Waals surface area contributed by atoms with E-state index in [2.05, 4.69) is 24.0 Å². The molecule has 3 nitrogen and oxygen atoms in total. The molecular weight excluding hydrogens is 289 g/mol. The maximum atomic E-state index is 13.2. The third kappa shape index (κ3) is 3.38. The van der Waals surface area contributed by atoms with Gasteiger partial charge in [0.25, 0.3) is 0 Å². The number of rotatable bonds is 6. The minimum absolute atomic E-state index is 0.353. The zero-order valence-corrected chi connectivity index (χ0v) is 13.2. The first-order valence-electron chi connectivity index (χ1n) is 7.37. The van der Waals surface area contributed by atoms with Crippen LogP contribution in [-0.2, 0) is 0 Å². The molecule has 0 fully saturated rings. The SMILES string of the molecule is CCCCC(CC)c1[nH]nc(N)c1-c1ccc(F)cc1Cl. The molecule has 0 amide bonds. The summed E-state index contributed by atoms with van der Waals surface area (Å²) in [5, 5.41) is 7.54. The van der Waals surface area contributed by atoms with Crippen LogP contribution >= 0.6 is 11.6 Å². The molecule has 21 heavy (non-hydrogen) atoms. The zero-order valence-electron chi connectivity index (χ0n) is 12.4. The quantitative estimate of drug-likeness (QED) is 0.776. The van der Waals surface area contributed by atoms with Crippen LogP contribution in [0.2, 0.25) is 5.02 Å². The lowest BCUT2D eigenvalue weighted by molar-refractivity contribution is 0.557. The highest BCUT2D eigenvalue weighted by Crippen LogP contribution is 2.39. The van der Waals surface area contributed by atoms with Crippen molar-refractivity contribution < 1.29 is 4.39 Å². The van der Waals surface area contributed by atoms with Gasteiger partial charge in [-0.25, -0.2) is 4.39 Å². The molecule has 0 aliphatic heterocycles. The fourth-order valence-electron chi connectivity index (χ4n) is 2.64. The molecule has 1 aromatic heterocycles. The van der Waals surface area contributed by atoms with E-state index in [0.717, 1.165) is 42.5 Å². The predicted molar refractivity (Wildman–Crippen MR) is 86.0 cm³/mol. The third-order valence-electron chi connectivity index (χ3n) is 3.83. The lowest BCUT2D eigenvalue weighted by atomic mass is 9.91. The van der Waals surface area contributed by atoms with Gasteiger partial charge in [-0.3, -0.25) is 5.10 Å². The first kappa shape index (κ1) is 15.8. The summed E-state index contributed by atoms with van der Waals surface area (Å²) in [7, 11) is 0. The molecule has 2 rings (SSSR count). The molecule has 1 heterocycles. The van der Waals surface area contributed by atoms with Crippen LogP contribution in [-0.4, -0.2) is 10.2 Å². The van der Waals surface area contributed by atoms with Crippen molar-refractivity contribution in [1.82, 2.24) is 10.2 Å². The Balaban J connectivity index is 2.46. The lowest BCUT2D eigenvalue weighted by Crippen LogP contribution is -2.01. The number of hydrogen-bond donors (Lipinski definition) is 2. The molecule has 0 saturated heterocycles. The van der Waals surface area contributed by atoms with E-state index in [9.17, 15) is 4.39 Å². The molecule has 0 radical (unpaired) electrons. The summed E-state index contributed by atoms with van der Waals surface area (Å²) in [5.74, 6) is 0.407. The van der Waals surface area contributed by atoms with Crippen molar-refractivity contribution in [3.63, 3.8) is 0 Å². The molecule has 0 saturated carbocycles. The Morgan fingerprint density at radius 2 is 2.14 bits per heavy atom. The number of unbranched alkanes of at least 4 members (excludes halogenated alkanes) is 1. The number of nitrogen functional groups attached to an aromatic ring is 1. The van der Waals surface area contributed by atoms with Crippen molar-refractivity contribution in [2.75, 3.05) is 5.73 Å². The topological polar surface area (TPSA) is 54.7 Å². The van der Waals surface area contributed by atoms with Crippen LogP contribution < -0.4 is 5.73 Å². The Hall–Kier alpha value is -1.55. The Morgan fingerprint density at radius 3 is 2.76 bits per heavy atom. The Bertz CT molecular complexity index is 610. The van der Waals surface area contributed by atoms with Crippen molar-refractivity contribution in [2.24, 2.45) is 0 Å². The molecule has 0 spiro atoms. The second-order valence-corrected chi connectivity index (χ2v) is 5.68. The molecule has 0 aliphatic rings. The smallest absolute Gasteiger partial charge is 0.153 e. The largest absolute Gasteiger partial charge is 0.382 e. The van der Waals surface area contributed by atoms with Crippen LogP contribution in [0.5, 0.6) is 0 Å². The van der Waals surface area contributed by atoms with Crippen LogP contribution in [0.15, 0.2) is 18.2 Å². The monoisotopic (exact) mass is 309 g/mol. The number of aromatic amines is 1. The summed E-state index contributed by atoms with van der Waals surface area (Å²) in [4.78, 5) is 0. The number of anilines is 1. The fourth-order valence-corrected chi connectivity index (χ4v) is 2.91. The molecule has 1 aromatic carbocycles. The van der Waals surface area contributed by atoms with E-state index >= 15 is 0 Å². The van der Waals surface area contributed by atoms with Crippen molar-refractivity contribution in [1.29, 1.82) is 0 Å². The van der Waals surface area contributed by atoms with Gasteiger partial charge in [-0.1, -0.05) is 38.3 Å². The first-order chi connectivity index (χ1) is 10.1. The van der Waals surface area contributed by atoms with Crippen molar-refractivity contribution >= 4 is 17.4 Å². The number of aromatic nitrogens is 2. The van der Waals surface area contributed by atoms with Gasteiger partial charge in [-0.05, 0) is 31.0 Å². The van der Waals surface area contributed by atoms with E-state index in [1.165, 1.54) is 12.1 Å². The van der Waals surface area contributed by atoms with Crippen LogP contribution in [0, 0.1) is 5.82 Å². The predicted octanol–water partition coefficient (Wildman–Crippen LogP) is 5.14. The van der Waals surface area contributed by atoms with Gasteiger partial charge in [0.1, 0.15) is 5.82 Å². The highest BCUT2D eigenvalue weighted by Gasteiger charge is 2.21. The molecule has 114 valence electrons. The number of nitrogens with two attached hydrogens (primary N) is 1. The standard InChI is InChI=1S/C16H21ClFN3/c1-3-5-6-10(4-2)15-14(16(19)21-20-15)12-8-7-11(18)9-13(12)17/h7-10H,3-6H2,1-2H3,(H3,19,20,21). The van der Waals surface area contributed by atoms with Gasteiger partial charge in [0.15, 0.2) is 5.82 Å². The molecule has 1 unspecified atom stereocenters. The summed E-state index contributed by atoms with van der Waals surface area (Å²) >= 11 is 6.18. The van der Waals surface area contributed by atoms with E-state index in [0.29, 0.717) is 16.8 Å². The lowest BCUT2D eigenvalue weighted by Gasteiger charge is -2.15. The molecule has 2 aromatic rings. The summed E-state index contributed by atoms with van der Waals surface area (Å²) in [6.45, 7) is 4.32. The molecule has 0 aliphatic carbocycles. The number of benzene rings is 1. The summed E-state index contributed by atoms with van der Waals surface area (Å²) < 4.78 is 13.2. The van der Waals surface area contributed by atoms with Crippen molar-refractivity contribution in [3.05, 3.63) is 34.7 Å². The molecule has 0 bridgehead atoms. The van der Waals surface area contributed by atoms with E-state index in [-0.39, 0.29) is 5.82 Å². The second-order valence-electron chi connectivity index (χ2n) is 5.27. The molecule has 5 heteroatoms. The maximum Gasteiger partial charge on any atom is 0.153 e. The highest BCUT2D eigenvalue weighted by molar-refractivity contribution is 6.33. The summed E-state index contributed by atoms with van der Waals surface area (Å²) in [5.41, 5.74) is 8.54. The van der Waals surface area contributed by atoms with Gasteiger partial charge in [0.05, 0.1) is 5.02 Å². The molecular formula is C16H21ClFN3. The van der Waals surface area contributed by atoms with Gasteiger partial charge < -0.3 is 5.73 Å². The van der Waals surface area contributed by atoms with E-state index in [1.807, 2.05) is 0 Å². The minimum Gasteiger partial charge on any atom is -0.382 e. The third-order valence-corrected chi connectivity index (χ3v) is 4.14. The van der Waals surface area contributed by atoms with Gasteiger partial charge in [-0.2, -0.15) is 5.10 Å². The summed E-state index contributed by atoms with van der Waals surface area (Å²) in [6, 6.07) is 4.36. The van der Waals surface area contributed by atoms with Crippen LogP contribution in [0.4, 0.5) is 10.2 Å². The maximum absolute atomic E-state index is 13.2. The van der Waals surface area contributed by atoms with Gasteiger partial charge >= 0.3 is 0 Å². The van der Waals surface area contributed by atoms with Gasteiger partial charge in [-0.15, -0.1) is 0 Å². The van der Waals surface area contributed by atoms with Gasteiger partial charge in [0.2, 0.25) is 0 Å². The minimum atomic E-state index is -0.356. The number of H-pyrrole nitrogens is 1. The molecule has 3 N–H and O–H groups in total. The summed E-state index contributed by atoms with van der Waals surface area (Å²) in [6.07, 6.45) is 4.36. The van der Waals surface area contributed by atoms with Gasteiger partial charge in [0, 0.05) is 22.7 Å². The highest BCUT2D eigenvalue weighted by atomic mass is 35.5. The average molecular weight is 310 g/mol. The van der Waals surface area contributed by atoms with Crippen molar-refractivity contribution in [3.8, 4) is 11.1 Å². The Morgan fingerprint density at radius 1 is 1.38 bits per heavy atom. The second kappa shape index (κ2) is 6.94. The molecule has 1 atom stereocenters. The number of hydrogen-bond acceptors (Lipinski definition) is 2. The van der Waals surface area contributed by atoms with Crippen LogP contribution in [0.3, 0.4) is 0 Å². The first-order valence-corrected chi connectivity index (χ1v) is 7.75. The number of nitrogens with one attached hydrogen (secondary N) is 1. The Labute approximate surface area is 129 Å².